The summed E-state index contributed by atoms with van der Waals surface area (Å²) in [7, 11) is 0. The fourth-order valence-corrected chi connectivity index (χ4v) is 3.18. The minimum Gasteiger partial charge on any atom is -0.379 e. The molecule has 0 fully saturated rings. The van der Waals surface area contributed by atoms with Crippen LogP contribution in [0.2, 0.25) is 10.0 Å². The first kappa shape index (κ1) is 17.1. The van der Waals surface area contributed by atoms with Gasteiger partial charge in [-0.1, -0.05) is 43.1 Å². The van der Waals surface area contributed by atoms with Gasteiger partial charge in [-0.05, 0) is 31.2 Å². The maximum Gasteiger partial charge on any atom is 0.111 e. The molecule has 2 unspecified atom stereocenters. The molecular formula is C14H21Cl2NOS. The van der Waals surface area contributed by atoms with E-state index in [0.29, 0.717) is 15.8 Å². The van der Waals surface area contributed by atoms with Gasteiger partial charge in [0.1, 0.15) is 4.93 Å². The van der Waals surface area contributed by atoms with Crippen molar-refractivity contribution < 1.29 is 5.11 Å². The summed E-state index contributed by atoms with van der Waals surface area (Å²) in [5.74, 6) is 0.822. The molecule has 108 valence electrons. The van der Waals surface area contributed by atoms with Crippen molar-refractivity contribution >= 4 is 35.0 Å². The molecule has 2 atom stereocenters. The Balaban J connectivity index is 2.58. The highest BCUT2D eigenvalue weighted by Crippen LogP contribution is 2.34. The van der Waals surface area contributed by atoms with E-state index < -0.39 is 4.93 Å². The van der Waals surface area contributed by atoms with Crippen molar-refractivity contribution in [2.24, 2.45) is 5.92 Å². The first-order valence-electron chi connectivity index (χ1n) is 6.37. The zero-order valence-corrected chi connectivity index (χ0v) is 13.9. The number of rotatable bonds is 7. The maximum atomic E-state index is 10.5. The highest BCUT2D eigenvalue weighted by molar-refractivity contribution is 7.99. The van der Waals surface area contributed by atoms with Crippen LogP contribution in [0.3, 0.4) is 0 Å². The Labute approximate surface area is 129 Å². The van der Waals surface area contributed by atoms with Crippen LogP contribution in [0.15, 0.2) is 18.2 Å². The molecule has 0 aliphatic carbocycles. The van der Waals surface area contributed by atoms with Gasteiger partial charge >= 0.3 is 0 Å². The highest BCUT2D eigenvalue weighted by atomic mass is 35.5. The third kappa shape index (κ3) is 5.52. The zero-order chi connectivity index (χ0) is 14.5. The van der Waals surface area contributed by atoms with Crippen molar-refractivity contribution in [3.8, 4) is 0 Å². The summed E-state index contributed by atoms with van der Waals surface area (Å²) in [6.07, 6.45) is 0. The third-order valence-electron chi connectivity index (χ3n) is 3.15. The Bertz CT molecular complexity index is 412. The Morgan fingerprint density at radius 2 is 2.11 bits per heavy atom. The molecule has 0 spiro atoms. The van der Waals surface area contributed by atoms with Crippen LogP contribution < -0.4 is 5.32 Å². The van der Waals surface area contributed by atoms with Crippen LogP contribution in [-0.2, 0) is 5.75 Å². The zero-order valence-electron chi connectivity index (χ0n) is 11.5. The van der Waals surface area contributed by atoms with E-state index in [-0.39, 0.29) is 5.92 Å². The van der Waals surface area contributed by atoms with Gasteiger partial charge in [-0.25, -0.2) is 0 Å². The summed E-state index contributed by atoms with van der Waals surface area (Å²) >= 11 is 13.5. The summed E-state index contributed by atoms with van der Waals surface area (Å²) in [4.78, 5) is -0.787. The van der Waals surface area contributed by atoms with Gasteiger partial charge in [-0.15, -0.1) is 11.8 Å². The average molecular weight is 322 g/mol. The predicted molar refractivity (Wildman–Crippen MR) is 86.1 cm³/mol. The second-order valence-electron chi connectivity index (χ2n) is 4.79. The van der Waals surface area contributed by atoms with Gasteiger partial charge in [-0.2, -0.15) is 0 Å². The lowest BCUT2D eigenvalue weighted by Crippen LogP contribution is -2.36. The van der Waals surface area contributed by atoms with E-state index >= 15 is 0 Å². The Kier molecular flexibility index (Phi) is 6.98. The molecule has 2 N–H and O–H groups in total. The molecule has 0 saturated carbocycles. The van der Waals surface area contributed by atoms with E-state index in [4.69, 9.17) is 23.2 Å². The van der Waals surface area contributed by atoms with Crippen molar-refractivity contribution in [1.82, 2.24) is 5.32 Å². The van der Waals surface area contributed by atoms with E-state index in [9.17, 15) is 5.11 Å². The quantitative estimate of drug-likeness (QED) is 0.739. The van der Waals surface area contributed by atoms with Crippen LogP contribution in [0.1, 0.15) is 26.3 Å². The van der Waals surface area contributed by atoms with Crippen LogP contribution in [-0.4, -0.2) is 23.1 Å². The molecule has 0 saturated heterocycles. The summed E-state index contributed by atoms with van der Waals surface area (Å²) in [6.45, 7) is 7.66. The number of thioether (sulfide) groups is 1. The normalized spacial score (nSPS) is 16.1. The lowest BCUT2D eigenvalue weighted by molar-refractivity contribution is 0.0982. The number of nitrogens with one attached hydrogen (secondary N) is 1. The predicted octanol–water partition coefficient (Wildman–Crippen LogP) is 4.18. The molecule has 19 heavy (non-hydrogen) atoms. The van der Waals surface area contributed by atoms with Crippen molar-refractivity contribution in [2.45, 2.75) is 31.5 Å². The van der Waals surface area contributed by atoms with E-state index in [1.165, 1.54) is 11.8 Å². The number of benzene rings is 1. The molecule has 0 amide bonds. The molecule has 0 heterocycles. The molecule has 2 nitrogen and oxygen atoms in total. The van der Waals surface area contributed by atoms with Crippen LogP contribution in [0.5, 0.6) is 0 Å². The van der Waals surface area contributed by atoms with Crippen LogP contribution >= 0.6 is 35.0 Å². The number of halogens is 2. The third-order valence-corrected chi connectivity index (χ3v) is 5.18. The first-order valence-corrected chi connectivity index (χ1v) is 8.12. The number of hydrogen-bond donors (Lipinski definition) is 2. The van der Waals surface area contributed by atoms with Crippen LogP contribution in [0.4, 0.5) is 0 Å². The Hall–Kier alpha value is 0.0700. The fourth-order valence-electron chi connectivity index (χ4n) is 1.56. The van der Waals surface area contributed by atoms with Crippen LogP contribution in [0.25, 0.3) is 0 Å². The van der Waals surface area contributed by atoms with E-state index in [0.717, 1.165) is 18.7 Å². The molecule has 1 rings (SSSR count). The van der Waals surface area contributed by atoms with E-state index in [1.54, 1.807) is 6.07 Å². The van der Waals surface area contributed by atoms with Crippen molar-refractivity contribution in [3.05, 3.63) is 33.8 Å². The second-order valence-corrected chi connectivity index (χ2v) is 7.04. The Morgan fingerprint density at radius 1 is 1.42 bits per heavy atom. The van der Waals surface area contributed by atoms with Gasteiger partial charge in [0.15, 0.2) is 0 Å². The molecule has 1 aromatic rings. The average Bonchev–Trinajstić information content (AvgIpc) is 2.34. The standard InChI is InChI=1S/C14H21Cl2NOS/c1-4-17-8-10(2)14(3,18)19-9-11-5-6-12(15)7-13(11)16/h5-7,10,17-18H,4,8-9H2,1-3H3. The topological polar surface area (TPSA) is 32.3 Å². The van der Waals surface area contributed by atoms with Gasteiger partial charge in [0.25, 0.3) is 0 Å². The number of hydrogen-bond acceptors (Lipinski definition) is 3. The second kappa shape index (κ2) is 7.75. The molecule has 1 aromatic carbocycles. The van der Waals surface area contributed by atoms with Crippen LogP contribution in [0, 0.1) is 5.92 Å². The van der Waals surface area contributed by atoms with Crippen molar-refractivity contribution in [2.75, 3.05) is 13.1 Å². The smallest absolute Gasteiger partial charge is 0.111 e. The van der Waals surface area contributed by atoms with Gasteiger partial charge in [0, 0.05) is 28.3 Å². The van der Waals surface area contributed by atoms with Crippen molar-refractivity contribution in [3.63, 3.8) is 0 Å². The molecule has 5 heteroatoms. The highest BCUT2D eigenvalue weighted by Gasteiger charge is 2.28. The first-order chi connectivity index (χ1) is 8.86. The largest absolute Gasteiger partial charge is 0.379 e. The lowest BCUT2D eigenvalue weighted by Gasteiger charge is -2.30. The van der Waals surface area contributed by atoms with Gasteiger partial charge in [0.05, 0.1) is 0 Å². The number of aliphatic hydroxyl groups is 1. The molecule has 0 radical (unpaired) electrons. The van der Waals surface area contributed by atoms with E-state index in [1.807, 2.05) is 26.0 Å². The summed E-state index contributed by atoms with van der Waals surface area (Å²) in [5, 5.41) is 15.0. The Morgan fingerprint density at radius 3 is 2.68 bits per heavy atom. The minimum atomic E-state index is -0.787. The SMILES string of the molecule is CCNCC(C)C(C)(O)SCc1ccc(Cl)cc1Cl. The van der Waals surface area contributed by atoms with Gasteiger partial charge in [-0.3, -0.25) is 0 Å². The molecule has 0 aromatic heterocycles. The minimum absolute atomic E-state index is 0.156. The molecule has 0 aliphatic rings. The summed E-state index contributed by atoms with van der Waals surface area (Å²) in [6, 6.07) is 5.46. The summed E-state index contributed by atoms with van der Waals surface area (Å²) < 4.78 is 0. The van der Waals surface area contributed by atoms with Crippen molar-refractivity contribution in [1.29, 1.82) is 0 Å². The lowest BCUT2D eigenvalue weighted by atomic mass is 10.1. The van der Waals surface area contributed by atoms with Gasteiger partial charge < -0.3 is 10.4 Å². The van der Waals surface area contributed by atoms with E-state index in [2.05, 4.69) is 12.2 Å². The van der Waals surface area contributed by atoms with Gasteiger partial charge in [0.2, 0.25) is 0 Å². The maximum absolute atomic E-state index is 10.5. The summed E-state index contributed by atoms with van der Waals surface area (Å²) in [5.41, 5.74) is 0.993. The molecular weight excluding hydrogens is 301 g/mol. The monoisotopic (exact) mass is 321 g/mol. The molecule has 0 bridgehead atoms. The molecule has 0 aliphatic heterocycles. The fraction of sp³-hybridized carbons (Fsp3) is 0.571.